The number of aromatic nitrogens is 1. The average molecular weight is 407 g/mol. The summed E-state index contributed by atoms with van der Waals surface area (Å²) in [5.74, 6) is 0.701. The van der Waals surface area contributed by atoms with Gasteiger partial charge in [-0.25, -0.2) is 0 Å². The molecule has 0 saturated carbocycles. The van der Waals surface area contributed by atoms with Crippen molar-refractivity contribution in [1.29, 1.82) is 0 Å². The summed E-state index contributed by atoms with van der Waals surface area (Å²) in [6.45, 7) is 6.25. The van der Waals surface area contributed by atoms with Gasteiger partial charge in [-0.2, -0.15) is 0 Å². The molecule has 3 heterocycles. The lowest BCUT2D eigenvalue weighted by molar-refractivity contribution is 0.0587. The highest BCUT2D eigenvalue weighted by atomic mass is 16.2. The normalized spacial score (nSPS) is 19.6. The van der Waals surface area contributed by atoms with Gasteiger partial charge in [0.15, 0.2) is 0 Å². The molecule has 160 valence electrons. The Balaban J connectivity index is 1.37. The molecule has 0 N–H and O–H groups in total. The van der Waals surface area contributed by atoms with Crippen molar-refractivity contribution in [2.75, 3.05) is 39.8 Å². The molecule has 4 rings (SSSR count). The zero-order valence-electron chi connectivity index (χ0n) is 18.1. The zero-order chi connectivity index (χ0) is 20.8. The maximum atomic E-state index is 13.3. The van der Waals surface area contributed by atoms with Crippen LogP contribution in [0.15, 0.2) is 54.9 Å². The van der Waals surface area contributed by atoms with Crippen LogP contribution in [0.5, 0.6) is 0 Å². The van der Waals surface area contributed by atoms with Crippen LogP contribution in [0.2, 0.25) is 0 Å². The van der Waals surface area contributed by atoms with E-state index in [1.165, 1.54) is 51.9 Å². The molecule has 0 aliphatic carbocycles. The van der Waals surface area contributed by atoms with Gasteiger partial charge in [0.1, 0.15) is 0 Å². The number of carbonyl (C=O) groups excluding carboxylic acids is 1. The van der Waals surface area contributed by atoms with E-state index in [-0.39, 0.29) is 5.91 Å². The molecule has 1 aromatic carbocycles. The summed E-state index contributed by atoms with van der Waals surface area (Å²) in [6, 6.07) is 14.5. The van der Waals surface area contributed by atoms with E-state index >= 15 is 0 Å². The number of amides is 1. The van der Waals surface area contributed by atoms with Gasteiger partial charge >= 0.3 is 0 Å². The SMILES string of the molecule is CN1CCC(N2CCC(CN(Cc3ccncc3)C(=O)c3ccccc3)CC2)CC1. The van der Waals surface area contributed by atoms with E-state index in [0.717, 1.165) is 23.7 Å². The lowest BCUT2D eigenvalue weighted by atomic mass is 9.92. The fourth-order valence-corrected chi connectivity index (χ4v) is 4.86. The molecule has 2 aromatic rings. The van der Waals surface area contributed by atoms with Crippen LogP contribution >= 0.6 is 0 Å². The molecule has 30 heavy (non-hydrogen) atoms. The second-order valence-electron chi connectivity index (χ2n) is 8.92. The first-order valence-electron chi connectivity index (χ1n) is 11.3. The van der Waals surface area contributed by atoms with E-state index in [1.807, 2.05) is 47.4 Å². The molecule has 5 heteroatoms. The quantitative estimate of drug-likeness (QED) is 0.736. The van der Waals surface area contributed by atoms with Crippen molar-refractivity contribution in [3.05, 3.63) is 66.0 Å². The Bertz CT molecular complexity index is 781. The molecule has 0 unspecified atom stereocenters. The first-order valence-corrected chi connectivity index (χ1v) is 11.3. The van der Waals surface area contributed by atoms with Crippen LogP contribution in [0, 0.1) is 5.92 Å². The van der Waals surface area contributed by atoms with Crippen molar-refractivity contribution in [3.8, 4) is 0 Å². The summed E-state index contributed by atoms with van der Waals surface area (Å²) in [7, 11) is 2.23. The Kier molecular flexibility index (Phi) is 7.13. The number of nitrogens with zero attached hydrogens (tertiary/aromatic N) is 4. The Hall–Kier alpha value is -2.24. The van der Waals surface area contributed by atoms with E-state index < -0.39 is 0 Å². The van der Waals surface area contributed by atoms with Crippen molar-refractivity contribution >= 4 is 5.91 Å². The van der Waals surface area contributed by atoms with Crippen LogP contribution in [0.3, 0.4) is 0 Å². The van der Waals surface area contributed by atoms with Crippen molar-refractivity contribution in [1.82, 2.24) is 19.7 Å². The number of hydrogen-bond acceptors (Lipinski definition) is 4. The van der Waals surface area contributed by atoms with Crippen LogP contribution in [0.4, 0.5) is 0 Å². The molecular formula is C25H34N4O. The zero-order valence-corrected chi connectivity index (χ0v) is 18.1. The molecule has 1 aromatic heterocycles. The monoisotopic (exact) mass is 406 g/mol. The molecule has 2 aliphatic rings. The Morgan fingerprint density at radius 3 is 2.30 bits per heavy atom. The predicted octanol–water partition coefficient (Wildman–Crippen LogP) is 3.53. The number of benzene rings is 1. The van der Waals surface area contributed by atoms with Crippen LogP contribution in [-0.2, 0) is 6.54 Å². The number of carbonyl (C=O) groups is 1. The van der Waals surface area contributed by atoms with Crippen molar-refractivity contribution in [3.63, 3.8) is 0 Å². The average Bonchev–Trinajstić information content (AvgIpc) is 2.80. The molecule has 1 amide bonds. The Morgan fingerprint density at radius 2 is 1.63 bits per heavy atom. The highest BCUT2D eigenvalue weighted by molar-refractivity contribution is 5.94. The van der Waals surface area contributed by atoms with Gasteiger partial charge in [0, 0.05) is 37.1 Å². The van der Waals surface area contributed by atoms with Gasteiger partial charge in [0.2, 0.25) is 0 Å². The molecule has 2 saturated heterocycles. The fourth-order valence-electron chi connectivity index (χ4n) is 4.86. The van der Waals surface area contributed by atoms with Crippen LogP contribution in [-0.4, -0.2) is 71.4 Å². The van der Waals surface area contributed by atoms with Gasteiger partial charge in [-0.3, -0.25) is 9.78 Å². The second kappa shape index (κ2) is 10.2. The van der Waals surface area contributed by atoms with Crippen LogP contribution in [0.1, 0.15) is 41.6 Å². The summed E-state index contributed by atoms with van der Waals surface area (Å²) >= 11 is 0. The summed E-state index contributed by atoms with van der Waals surface area (Å²) in [6.07, 6.45) is 8.56. The van der Waals surface area contributed by atoms with Crippen LogP contribution in [0.25, 0.3) is 0 Å². The number of pyridine rings is 1. The number of likely N-dealkylation sites (tertiary alicyclic amines) is 2. The van der Waals surface area contributed by atoms with E-state index in [1.54, 1.807) is 12.4 Å². The maximum Gasteiger partial charge on any atom is 0.254 e. The van der Waals surface area contributed by atoms with E-state index in [4.69, 9.17) is 0 Å². The lowest BCUT2D eigenvalue weighted by Gasteiger charge is -2.42. The molecule has 0 radical (unpaired) electrons. The van der Waals surface area contributed by atoms with Crippen LogP contribution < -0.4 is 0 Å². The molecule has 0 spiro atoms. The standard InChI is InChI=1S/C25H34N4O/c1-27-15-11-24(12-16-27)28-17-9-22(10-18-28)20-29(19-21-7-13-26-14-8-21)25(30)23-5-3-2-4-6-23/h2-8,13-14,22,24H,9-12,15-20H2,1H3. The first kappa shape index (κ1) is 21.0. The van der Waals surface area contributed by atoms with Gasteiger partial charge < -0.3 is 14.7 Å². The van der Waals surface area contributed by atoms with E-state index in [2.05, 4.69) is 21.8 Å². The Morgan fingerprint density at radius 1 is 0.967 bits per heavy atom. The third-order valence-corrected chi connectivity index (χ3v) is 6.76. The minimum Gasteiger partial charge on any atom is -0.334 e. The van der Waals surface area contributed by atoms with Gasteiger partial charge in [-0.15, -0.1) is 0 Å². The third kappa shape index (κ3) is 5.46. The maximum absolute atomic E-state index is 13.3. The molecule has 5 nitrogen and oxygen atoms in total. The molecular weight excluding hydrogens is 372 g/mol. The van der Waals surface area contributed by atoms with Gasteiger partial charge in [-0.1, -0.05) is 18.2 Å². The molecule has 2 fully saturated rings. The summed E-state index contributed by atoms with van der Waals surface area (Å²) < 4.78 is 0. The highest BCUT2D eigenvalue weighted by Gasteiger charge is 2.29. The van der Waals surface area contributed by atoms with Crippen molar-refractivity contribution in [2.45, 2.75) is 38.3 Å². The van der Waals surface area contributed by atoms with Crippen molar-refractivity contribution < 1.29 is 4.79 Å². The molecule has 0 bridgehead atoms. The fraction of sp³-hybridized carbons (Fsp3) is 0.520. The van der Waals surface area contributed by atoms with Gasteiger partial charge in [-0.05, 0) is 94.7 Å². The Labute approximate surface area is 180 Å². The number of piperidine rings is 2. The van der Waals surface area contributed by atoms with Gasteiger partial charge in [0.05, 0.1) is 0 Å². The minimum atomic E-state index is 0.130. The topological polar surface area (TPSA) is 39.7 Å². The lowest BCUT2D eigenvalue weighted by Crippen LogP contribution is -2.48. The number of hydrogen-bond donors (Lipinski definition) is 0. The largest absolute Gasteiger partial charge is 0.334 e. The van der Waals surface area contributed by atoms with E-state index in [0.29, 0.717) is 12.5 Å². The summed E-state index contributed by atoms with van der Waals surface area (Å²) in [4.78, 5) is 24.6. The van der Waals surface area contributed by atoms with Crippen molar-refractivity contribution in [2.24, 2.45) is 5.92 Å². The smallest absolute Gasteiger partial charge is 0.254 e. The predicted molar refractivity (Wildman–Crippen MR) is 120 cm³/mol. The summed E-state index contributed by atoms with van der Waals surface area (Å²) in [5, 5.41) is 0. The first-order chi connectivity index (χ1) is 14.7. The highest BCUT2D eigenvalue weighted by Crippen LogP contribution is 2.25. The third-order valence-electron chi connectivity index (χ3n) is 6.76. The molecule has 2 aliphatic heterocycles. The van der Waals surface area contributed by atoms with Gasteiger partial charge in [0.25, 0.3) is 5.91 Å². The summed E-state index contributed by atoms with van der Waals surface area (Å²) in [5.41, 5.74) is 1.91. The van der Waals surface area contributed by atoms with E-state index in [9.17, 15) is 4.79 Å². The molecule has 0 atom stereocenters. The minimum absolute atomic E-state index is 0.130. The second-order valence-corrected chi connectivity index (χ2v) is 8.92. The number of rotatable bonds is 6.